The molecular weight excluding hydrogens is 2300 g/mol. The van der Waals surface area contributed by atoms with Gasteiger partial charge in [0.25, 0.3) is 62.2 Å². The molecular formula is C89H102Cl2Cs2ILiN15O23S2Sn. The van der Waals surface area contributed by atoms with Gasteiger partial charge in [0.05, 0.1) is 101 Å². The number of nitrogens with zero attached hydrogens (tertiary/aromatic N) is 13. The maximum Gasteiger partial charge on any atom is 1.00 e. The van der Waals surface area contributed by atoms with E-state index in [9.17, 15) is 55.2 Å². The summed E-state index contributed by atoms with van der Waals surface area (Å²) in [7, 11) is -2.51. The number of nitrogens with one attached hydrogen (secondary N) is 2. The molecule has 4 aliphatic rings. The van der Waals surface area contributed by atoms with E-state index in [1.807, 2.05) is 130 Å². The Bertz CT molecular complexity index is 6370. The van der Waals surface area contributed by atoms with E-state index in [0.29, 0.717) is 107 Å². The number of ether oxygens (including phenoxy) is 6. The monoisotopic (exact) mass is 2400 g/mol. The summed E-state index contributed by atoms with van der Waals surface area (Å²) >= 11 is 10.5. The zero-order valence-corrected chi connectivity index (χ0v) is 99.4. The summed E-state index contributed by atoms with van der Waals surface area (Å²) in [5, 5.41) is 13.3. The zero-order chi connectivity index (χ0) is 97.6. The molecule has 2 N–H and O–H groups in total. The minimum Gasteiger partial charge on any atom is -0.662 e. The van der Waals surface area contributed by atoms with Gasteiger partial charge in [-0.15, -0.1) is 0 Å². The average molecular weight is 2400 g/mol. The van der Waals surface area contributed by atoms with Crippen molar-refractivity contribution in [3.05, 3.63) is 190 Å². The Hall–Kier alpha value is -6.38. The Kier molecular flexibility index (Phi) is 47.1. The van der Waals surface area contributed by atoms with E-state index in [2.05, 4.69) is 104 Å². The fourth-order valence-corrected chi connectivity index (χ4v) is 19.4. The van der Waals surface area contributed by atoms with Crippen LogP contribution < -0.4 is 96.6 Å². The van der Waals surface area contributed by atoms with E-state index in [0.717, 1.165) is 75.9 Å². The molecule has 12 aromatic heterocycles. The Balaban J connectivity index is 0.000000253. The summed E-state index contributed by atoms with van der Waals surface area (Å²) in [6.07, 6.45) is 24.6. The number of amides is 6. The largest absolute Gasteiger partial charge is 1.00 e. The molecule has 0 fully saturated rings. The van der Waals surface area contributed by atoms with Gasteiger partial charge >= 0.3 is 218 Å². The number of pyridine rings is 6. The summed E-state index contributed by atoms with van der Waals surface area (Å²) < 4.78 is 92.6. The fraction of sp³-hybridized carbons (Fsp3) is 0.348. The van der Waals surface area contributed by atoms with E-state index in [4.69, 9.17) is 61.7 Å². The van der Waals surface area contributed by atoms with Gasteiger partial charge in [-0.3, -0.25) is 56.6 Å². The summed E-state index contributed by atoms with van der Waals surface area (Å²) in [5.41, 5.74) is 7.40. The third-order valence-corrected chi connectivity index (χ3v) is 27.8. The SMILES string of the molecule is CC(C)(C)OC(=O)n1c[c]([Sn]([CH3])([CH3])[CH3])c2cccnc21.CC(C)(C)OC(=O)n1cc(I)c2cccnc21.CN1C(=O)C(Cl)=C(Cl)C1=O.CN1C(=O)C(c2c[nH]c3ncccc23)=C(c2c[nH]c3ncccc23)C1=O.CN1C(=O)C2=C(C1=O)c1cn(c3ncccc13)CCOCCOCCn1cc2c2cccnc21.CS(=O)(=O)OCCOCCOCCOS(C)(=O)=O.O=CO[O-].[CH2-]CCC.[Cs+].[Cs].[Li+]. The van der Waals surface area contributed by atoms with E-state index in [-0.39, 0.29) is 243 Å². The molecule has 1 radical (unpaired) electrons. The third-order valence-electron chi connectivity index (χ3n) is 19.2. The van der Waals surface area contributed by atoms with Gasteiger partial charge in [0.15, 0.2) is 0 Å². The molecule has 47 heteroatoms. The first-order chi connectivity index (χ1) is 62.9. The molecule has 0 atom stereocenters. The maximum absolute atomic E-state index is 13.4. The number of hydrogen-bond acceptors (Lipinski definition) is 29. The molecule has 0 unspecified atom stereocenters. The molecule has 0 saturated carbocycles. The smallest absolute Gasteiger partial charge is 0.662 e. The second-order valence-corrected chi connectivity index (χ2v) is 51.9. The van der Waals surface area contributed by atoms with E-state index in [1.165, 1.54) is 40.6 Å². The molecule has 136 heavy (non-hydrogen) atoms. The molecule has 12 aromatic rings. The Labute approximate surface area is 943 Å². The predicted octanol–water partition coefficient (Wildman–Crippen LogP) is 4.81. The van der Waals surface area contributed by atoms with Crippen molar-refractivity contribution in [2.75, 3.05) is 99.7 Å². The number of carbonyl (C=O) groups is 9. The maximum atomic E-state index is 13.4. The number of aromatic nitrogens is 12. The summed E-state index contributed by atoms with van der Waals surface area (Å²) in [4.78, 5) is 152. The number of rotatable bonds is 16. The minimum atomic E-state index is -3.43. The Morgan fingerprint density at radius 3 is 1.17 bits per heavy atom. The molecule has 4 aliphatic heterocycles. The normalized spacial score (nSPS) is 14.1. The summed E-state index contributed by atoms with van der Waals surface area (Å²) in [6, 6.07) is 22.7. The Morgan fingerprint density at radius 2 is 0.831 bits per heavy atom. The molecule has 4 bridgehead atoms. The van der Waals surface area contributed by atoms with Crippen LogP contribution in [0.2, 0.25) is 14.8 Å². The number of fused-ring (bicyclic) bond motifs is 16. The topological polar surface area (TPSA) is 466 Å². The van der Waals surface area contributed by atoms with Crippen molar-refractivity contribution in [1.29, 1.82) is 0 Å². The molecule has 0 aliphatic carbocycles. The summed E-state index contributed by atoms with van der Waals surface area (Å²) in [6.45, 7) is 20.4. The van der Waals surface area contributed by atoms with Gasteiger partial charge in [0.1, 0.15) is 43.9 Å². The van der Waals surface area contributed by atoms with Crippen molar-refractivity contribution in [2.24, 2.45) is 0 Å². The number of carbonyl (C=O) groups excluding carboxylic acids is 9. The van der Waals surface area contributed by atoms with Crippen molar-refractivity contribution in [3.63, 3.8) is 0 Å². The van der Waals surface area contributed by atoms with E-state index < -0.39 is 67.7 Å². The number of unbranched alkanes of at least 4 members (excludes halogenated alkanes) is 1. The fourth-order valence-electron chi connectivity index (χ4n) is 13.2. The van der Waals surface area contributed by atoms with Crippen LogP contribution in [0.4, 0.5) is 9.59 Å². The number of H-pyrrole nitrogens is 2. The summed E-state index contributed by atoms with van der Waals surface area (Å²) in [5.74, 6) is -2.39. The second-order valence-electron chi connectivity index (χ2n) is 32.3. The van der Waals surface area contributed by atoms with Gasteiger partial charge < -0.3 is 59.9 Å². The molecule has 0 aromatic carbocycles. The van der Waals surface area contributed by atoms with E-state index in [1.54, 1.807) is 72.5 Å². The van der Waals surface area contributed by atoms with Crippen LogP contribution in [0.3, 0.4) is 0 Å². The number of aromatic amines is 2. The van der Waals surface area contributed by atoms with Gasteiger partial charge in [0.2, 0.25) is 0 Å². The van der Waals surface area contributed by atoms with E-state index >= 15 is 0 Å². The number of likely N-dealkylation sites (N-methyl/N-ethyl adjacent to an activating group) is 3. The first kappa shape index (κ1) is 118. The van der Waals surface area contributed by atoms with Crippen molar-refractivity contribution in [2.45, 2.75) is 100 Å². The van der Waals surface area contributed by atoms with Crippen LogP contribution >= 0.6 is 45.8 Å². The van der Waals surface area contributed by atoms with Crippen LogP contribution in [-0.2, 0) is 109 Å². The van der Waals surface area contributed by atoms with Crippen LogP contribution in [0.5, 0.6) is 0 Å². The number of imide groups is 3. The van der Waals surface area contributed by atoms with Gasteiger partial charge in [-0.2, -0.15) is 23.3 Å². The molecule has 0 spiro atoms. The van der Waals surface area contributed by atoms with Crippen molar-refractivity contribution in [1.82, 2.24) is 72.8 Å². The molecule has 711 valence electrons. The predicted molar refractivity (Wildman–Crippen MR) is 514 cm³/mol. The van der Waals surface area contributed by atoms with Crippen LogP contribution in [0.25, 0.3) is 88.5 Å². The Morgan fingerprint density at radius 1 is 0.515 bits per heavy atom. The van der Waals surface area contributed by atoms with Gasteiger partial charge in [0, 0.05) is 218 Å². The third kappa shape index (κ3) is 31.8. The van der Waals surface area contributed by atoms with Crippen LogP contribution in [0.15, 0.2) is 157 Å². The van der Waals surface area contributed by atoms with Crippen LogP contribution in [-0.4, -0.2) is 342 Å². The molecule has 0 saturated heterocycles. The van der Waals surface area contributed by atoms with Gasteiger partial charge in [-0.25, -0.2) is 34.3 Å². The number of halogens is 3. The van der Waals surface area contributed by atoms with Gasteiger partial charge in [-0.1, -0.05) is 36.5 Å². The second kappa shape index (κ2) is 54.2. The van der Waals surface area contributed by atoms with Gasteiger partial charge in [-0.05, 0) is 104 Å². The van der Waals surface area contributed by atoms with Crippen molar-refractivity contribution in [3.8, 4) is 0 Å². The average Bonchev–Trinajstić information content (AvgIpc) is 1.59. The number of hydrogen-bond donors (Lipinski definition) is 2. The van der Waals surface area contributed by atoms with Crippen LogP contribution in [0.1, 0.15) is 83.6 Å². The first-order valence-corrected chi connectivity index (χ1v) is 56.6. The molecule has 6 amide bonds. The molecule has 38 nitrogen and oxygen atoms in total. The van der Waals surface area contributed by atoms with Crippen molar-refractivity contribution < 1.29 is 195 Å². The van der Waals surface area contributed by atoms with Crippen LogP contribution in [0, 0.1) is 10.5 Å². The minimum absolute atomic E-state index is 0. The zero-order valence-electron chi connectivity index (χ0n) is 78.7. The molecule has 16 rings (SSSR count). The standard InChI is InChI=1S/C25H23N5O4.C19H13N5O2.C12H13IN2O2.C12H13N2O2.C8H18O8S2.C5H3Cl2NO2.C4H9.CH2O3.3CH3.2Cs.Li.Sn/c1-28-24(31)20-18-14-29(22-16(18)4-2-6-26-22)8-10-33-12-13-34-11-9-30-15-19(21(20)25(28)32)17-5-3-7-27-23(17)30;1-24-18(25)14(12-8-22-16-10(12)4-2-6-20-16)15(19(24)26)13-9-23-17-11(13)5-3-7-21-17;1-12(2,3)17-11(16)15-7-9(13)8-5-4-6-14-10(8)15;1-12(2,3)16-11(15)14-8-6-9-5-4-7-13-10(9)14;1-17(9,10)15-7-5-13-3-4-14-6-8-16-18(2,11)12;1-8-4(9)2(6)3(7)5(8)10;1-3-4-2;2-1-4-3;;;;;;;/h2-7,14-15H,8-13H2,1H3;2-9H,1H3,(H,20,22)(H,21,23);4-7H,1-3H3;4-5,7-8H,1-3H3;3-8H2,1-2H3;1H3;1,3-4H2,2H3;1,3H;3*1H3;;;;/q;;;;;;-1;;;;;;2*+1;/p-1. The quantitative estimate of drug-likeness (QED) is 0.0151. The molecule has 16 heterocycles. The first-order valence-electron chi connectivity index (χ1n) is 41.2. The van der Waals surface area contributed by atoms with Crippen molar-refractivity contribution >= 4 is 299 Å².